The molecule has 1 aliphatic rings. The summed E-state index contributed by atoms with van der Waals surface area (Å²) in [6, 6.07) is 37.6. The monoisotopic (exact) mass is 439 g/mol. The number of halogens is 1. The van der Waals surface area contributed by atoms with Crippen molar-refractivity contribution >= 4 is 17.7 Å². The second-order valence-corrected chi connectivity index (χ2v) is 8.49. The molecule has 0 aromatic heterocycles. The van der Waals surface area contributed by atoms with Gasteiger partial charge in [0.15, 0.2) is 0 Å². The molecule has 5 rings (SSSR count). The van der Waals surface area contributed by atoms with E-state index in [1.807, 2.05) is 54.6 Å². The second kappa shape index (κ2) is 8.18. The van der Waals surface area contributed by atoms with Gasteiger partial charge in [0, 0.05) is 5.02 Å². The fourth-order valence-electron chi connectivity index (χ4n) is 4.77. The summed E-state index contributed by atoms with van der Waals surface area (Å²) in [6.07, 6.45) is 0.234. The maximum Gasteiger partial charge on any atom is 0.413 e. The van der Waals surface area contributed by atoms with Crippen LogP contribution in [-0.4, -0.2) is 6.09 Å². The molecule has 0 bridgehead atoms. The van der Waals surface area contributed by atoms with Crippen LogP contribution >= 0.6 is 11.6 Å². The van der Waals surface area contributed by atoms with Crippen molar-refractivity contribution in [2.45, 2.75) is 17.4 Å². The first-order valence-corrected chi connectivity index (χ1v) is 10.9. The average molecular weight is 440 g/mol. The van der Waals surface area contributed by atoms with Crippen molar-refractivity contribution < 1.29 is 9.53 Å². The Labute approximate surface area is 192 Å². The molecule has 1 fully saturated rings. The maximum absolute atomic E-state index is 13.1. The van der Waals surface area contributed by atoms with E-state index in [0.717, 1.165) is 23.1 Å². The summed E-state index contributed by atoms with van der Waals surface area (Å²) in [5.74, 6) is 0.445. The van der Waals surface area contributed by atoms with E-state index in [0.29, 0.717) is 10.8 Å². The third kappa shape index (κ3) is 3.45. The van der Waals surface area contributed by atoms with Crippen LogP contribution < -0.4 is 10.1 Å². The molecule has 3 nitrogen and oxygen atoms in total. The molecule has 0 heterocycles. The third-order valence-electron chi connectivity index (χ3n) is 6.27. The smallest absolute Gasteiger partial charge is 0.410 e. The Bertz CT molecular complexity index is 1170. The lowest BCUT2D eigenvalue weighted by molar-refractivity contribution is 0.193. The normalized spacial score (nSPS) is 18.5. The molecule has 1 aliphatic carbocycles. The molecular formula is C28H22ClNO2. The molecule has 158 valence electrons. The molecule has 0 aliphatic heterocycles. The number of ether oxygens (including phenoxy) is 1. The molecule has 4 aromatic carbocycles. The molecule has 1 N–H and O–H groups in total. The van der Waals surface area contributed by atoms with Gasteiger partial charge >= 0.3 is 6.09 Å². The summed E-state index contributed by atoms with van der Waals surface area (Å²) >= 11 is 5.96. The number of carbonyl (C=O) groups is 1. The number of hydrogen-bond acceptors (Lipinski definition) is 2. The van der Waals surface area contributed by atoms with Crippen LogP contribution in [0.1, 0.15) is 23.1 Å². The van der Waals surface area contributed by atoms with Crippen LogP contribution in [0.15, 0.2) is 115 Å². The van der Waals surface area contributed by atoms with Crippen molar-refractivity contribution in [1.82, 2.24) is 5.32 Å². The highest BCUT2D eigenvalue weighted by molar-refractivity contribution is 6.30. The van der Waals surface area contributed by atoms with Gasteiger partial charge in [0.2, 0.25) is 0 Å². The highest BCUT2D eigenvalue weighted by Crippen LogP contribution is 2.67. The van der Waals surface area contributed by atoms with Gasteiger partial charge < -0.3 is 10.1 Å². The number of nitrogens with one attached hydrogen (secondary N) is 1. The van der Waals surface area contributed by atoms with Crippen LogP contribution in [0.2, 0.25) is 5.02 Å². The minimum atomic E-state index is -0.638. The summed E-state index contributed by atoms with van der Waals surface area (Å²) in [4.78, 5) is 13.1. The van der Waals surface area contributed by atoms with E-state index in [-0.39, 0.29) is 0 Å². The Morgan fingerprint density at radius 1 is 0.688 bits per heavy atom. The lowest BCUT2D eigenvalue weighted by Crippen LogP contribution is -2.42. The number of rotatable bonds is 5. The van der Waals surface area contributed by atoms with Crippen molar-refractivity contribution in [2.75, 3.05) is 0 Å². The SMILES string of the molecule is O=C(NC1(c2ccccc2)CC1(c1ccccc1)c1ccccc1)Oc1ccc(Cl)cc1. The summed E-state index contributed by atoms with van der Waals surface area (Å²) < 4.78 is 5.62. The zero-order chi connectivity index (χ0) is 22.0. The molecule has 4 heteroatoms. The predicted octanol–water partition coefficient (Wildman–Crippen LogP) is 6.71. The summed E-state index contributed by atoms with van der Waals surface area (Å²) in [7, 11) is 0. The number of amides is 1. The van der Waals surface area contributed by atoms with E-state index in [9.17, 15) is 4.79 Å². The molecule has 0 radical (unpaired) electrons. The van der Waals surface area contributed by atoms with Crippen LogP contribution in [0.3, 0.4) is 0 Å². The van der Waals surface area contributed by atoms with Gasteiger partial charge in [0.05, 0.1) is 11.0 Å². The Balaban J connectivity index is 1.58. The lowest BCUT2D eigenvalue weighted by Gasteiger charge is -2.28. The highest BCUT2D eigenvalue weighted by atomic mass is 35.5. The van der Waals surface area contributed by atoms with Gasteiger partial charge in [0.1, 0.15) is 5.75 Å². The largest absolute Gasteiger partial charge is 0.413 e. The predicted molar refractivity (Wildman–Crippen MR) is 127 cm³/mol. The van der Waals surface area contributed by atoms with E-state index in [2.05, 4.69) is 41.7 Å². The third-order valence-corrected chi connectivity index (χ3v) is 6.53. The molecule has 1 saturated carbocycles. The van der Waals surface area contributed by atoms with E-state index >= 15 is 0 Å². The molecule has 4 aromatic rings. The van der Waals surface area contributed by atoms with Crippen molar-refractivity contribution in [3.8, 4) is 5.75 Å². The zero-order valence-electron chi connectivity index (χ0n) is 17.4. The van der Waals surface area contributed by atoms with Gasteiger partial charge in [-0.1, -0.05) is 103 Å². The van der Waals surface area contributed by atoms with E-state index in [1.54, 1.807) is 24.3 Å². The van der Waals surface area contributed by atoms with Gasteiger partial charge in [-0.05, 0) is 47.4 Å². The summed E-state index contributed by atoms with van der Waals surface area (Å²) in [5.41, 5.74) is 2.31. The van der Waals surface area contributed by atoms with Crippen molar-refractivity contribution in [3.63, 3.8) is 0 Å². The zero-order valence-corrected chi connectivity index (χ0v) is 18.1. The van der Waals surface area contributed by atoms with Crippen molar-refractivity contribution in [3.05, 3.63) is 137 Å². The molecule has 0 saturated heterocycles. The number of carbonyl (C=O) groups excluding carboxylic acids is 1. The average Bonchev–Trinajstić information content (AvgIpc) is 3.53. The van der Waals surface area contributed by atoms with Crippen molar-refractivity contribution in [1.29, 1.82) is 0 Å². The van der Waals surface area contributed by atoms with Crippen LogP contribution in [0, 0.1) is 0 Å². The first-order chi connectivity index (χ1) is 15.6. The van der Waals surface area contributed by atoms with E-state index < -0.39 is 17.0 Å². The Hall–Kier alpha value is -3.56. The minimum Gasteiger partial charge on any atom is -0.410 e. The van der Waals surface area contributed by atoms with Gasteiger partial charge in [-0.15, -0.1) is 0 Å². The molecule has 32 heavy (non-hydrogen) atoms. The summed E-state index contributed by atoms with van der Waals surface area (Å²) in [6.45, 7) is 0. The standard InChI is InChI=1S/C28H22ClNO2/c29-24-16-18-25(19-17-24)32-26(31)30-28(23-14-8-3-9-15-23)20-27(28,21-10-4-1-5-11-21)22-12-6-2-7-13-22/h1-19H,20H2,(H,30,31). The molecule has 0 spiro atoms. The van der Waals surface area contributed by atoms with Crippen LogP contribution in [-0.2, 0) is 11.0 Å². The topological polar surface area (TPSA) is 38.3 Å². The number of hydrogen-bond donors (Lipinski definition) is 1. The van der Waals surface area contributed by atoms with Gasteiger partial charge in [-0.25, -0.2) is 4.79 Å². The molecule has 1 atom stereocenters. The first kappa shape index (κ1) is 20.3. The highest BCUT2D eigenvalue weighted by Gasteiger charge is 2.71. The van der Waals surface area contributed by atoms with Crippen molar-refractivity contribution in [2.24, 2.45) is 0 Å². The molecule has 1 unspecified atom stereocenters. The Morgan fingerprint density at radius 3 is 1.66 bits per heavy atom. The fraction of sp³-hybridized carbons (Fsp3) is 0.107. The van der Waals surface area contributed by atoms with Crippen LogP contribution in [0.25, 0.3) is 0 Å². The number of benzene rings is 4. The quantitative estimate of drug-likeness (QED) is 0.375. The van der Waals surface area contributed by atoms with Gasteiger partial charge in [-0.3, -0.25) is 0 Å². The maximum atomic E-state index is 13.1. The van der Waals surface area contributed by atoms with E-state index in [4.69, 9.17) is 16.3 Å². The minimum absolute atomic E-state index is 0.407. The first-order valence-electron chi connectivity index (χ1n) is 10.6. The Morgan fingerprint density at radius 2 is 1.16 bits per heavy atom. The lowest BCUT2D eigenvalue weighted by atomic mass is 9.81. The molecular weight excluding hydrogens is 418 g/mol. The molecule has 1 amide bonds. The van der Waals surface area contributed by atoms with Crippen LogP contribution in [0.4, 0.5) is 4.79 Å². The van der Waals surface area contributed by atoms with E-state index in [1.165, 1.54) is 0 Å². The Kier molecular flexibility index (Phi) is 5.20. The summed E-state index contributed by atoms with van der Waals surface area (Å²) in [5, 5.41) is 3.83. The van der Waals surface area contributed by atoms with Gasteiger partial charge in [0.25, 0.3) is 0 Å². The van der Waals surface area contributed by atoms with Gasteiger partial charge in [-0.2, -0.15) is 0 Å². The second-order valence-electron chi connectivity index (χ2n) is 8.05. The fourth-order valence-corrected chi connectivity index (χ4v) is 4.89. The van der Waals surface area contributed by atoms with Crippen LogP contribution in [0.5, 0.6) is 5.75 Å².